The Morgan fingerprint density at radius 2 is 2.12 bits per heavy atom. The van der Waals surface area contributed by atoms with Crippen LogP contribution in [0.5, 0.6) is 0 Å². The monoisotopic (exact) mass is 224 g/mol. The number of hydrogen-bond acceptors (Lipinski definition) is 4. The molecule has 0 spiro atoms. The number of pyridine rings is 1. The van der Waals surface area contributed by atoms with Crippen molar-refractivity contribution in [2.24, 2.45) is 0 Å². The van der Waals surface area contributed by atoms with Crippen molar-refractivity contribution in [2.45, 2.75) is 26.0 Å². The summed E-state index contributed by atoms with van der Waals surface area (Å²) in [4.78, 5) is 6.36. The van der Waals surface area contributed by atoms with Crippen LogP contribution in [0, 0.1) is 0 Å². The standard InChI is InChI=1S/C12H20N2O2/c1-9(8-16-4)14(3)12-6-5-11(7-13-12)10(2)15/h5-7,9-10,15H,8H2,1-4H3. The maximum Gasteiger partial charge on any atom is 0.128 e. The van der Waals surface area contributed by atoms with Gasteiger partial charge in [0.2, 0.25) is 0 Å². The third-order valence-corrected chi connectivity index (χ3v) is 2.68. The van der Waals surface area contributed by atoms with E-state index >= 15 is 0 Å². The van der Waals surface area contributed by atoms with E-state index in [-0.39, 0.29) is 6.04 Å². The predicted octanol–water partition coefficient (Wildman–Crippen LogP) is 1.61. The van der Waals surface area contributed by atoms with E-state index in [1.54, 1.807) is 20.2 Å². The molecular weight excluding hydrogens is 204 g/mol. The van der Waals surface area contributed by atoms with Crippen molar-refractivity contribution in [1.29, 1.82) is 0 Å². The Kier molecular flexibility index (Phi) is 4.71. The predicted molar refractivity (Wildman–Crippen MR) is 64.6 cm³/mol. The third kappa shape index (κ3) is 3.18. The highest BCUT2D eigenvalue weighted by Gasteiger charge is 2.11. The van der Waals surface area contributed by atoms with Crippen LogP contribution in [0.2, 0.25) is 0 Å². The zero-order chi connectivity index (χ0) is 12.1. The first kappa shape index (κ1) is 12.9. The second-order valence-corrected chi connectivity index (χ2v) is 4.04. The van der Waals surface area contributed by atoms with Crippen LogP contribution in [-0.2, 0) is 4.74 Å². The lowest BCUT2D eigenvalue weighted by Gasteiger charge is -2.25. The van der Waals surface area contributed by atoms with Crippen LogP contribution in [0.1, 0.15) is 25.5 Å². The molecule has 1 heterocycles. The van der Waals surface area contributed by atoms with E-state index in [4.69, 9.17) is 4.74 Å². The molecular formula is C12H20N2O2. The zero-order valence-corrected chi connectivity index (χ0v) is 10.3. The second-order valence-electron chi connectivity index (χ2n) is 4.04. The van der Waals surface area contributed by atoms with Crippen molar-refractivity contribution in [2.75, 3.05) is 25.7 Å². The van der Waals surface area contributed by atoms with Gasteiger partial charge in [-0.15, -0.1) is 0 Å². The summed E-state index contributed by atoms with van der Waals surface area (Å²) in [5.41, 5.74) is 0.830. The van der Waals surface area contributed by atoms with Gasteiger partial charge in [-0.1, -0.05) is 6.07 Å². The lowest BCUT2D eigenvalue weighted by Crippen LogP contribution is -2.33. The lowest BCUT2D eigenvalue weighted by molar-refractivity contribution is 0.183. The van der Waals surface area contributed by atoms with Crippen LogP contribution in [0.15, 0.2) is 18.3 Å². The molecule has 0 bridgehead atoms. The van der Waals surface area contributed by atoms with Crippen molar-refractivity contribution < 1.29 is 9.84 Å². The number of hydrogen-bond donors (Lipinski definition) is 1. The summed E-state index contributed by atoms with van der Waals surface area (Å²) in [6.45, 7) is 4.47. The molecule has 16 heavy (non-hydrogen) atoms. The van der Waals surface area contributed by atoms with Gasteiger partial charge in [0, 0.05) is 20.4 Å². The smallest absolute Gasteiger partial charge is 0.128 e. The molecule has 0 saturated heterocycles. The van der Waals surface area contributed by atoms with E-state index in [1.807, 2.05) is 19.2 Å². The van der Waals surface area contributed by atoms with Crippen molar-refractivity contribution >= 4 is 5.82 Å². The first-order chi connectivity index (χ1) is 7.56. The van der Waals surface area contributed by atoms with Gasteiger partial charge in [0.15, 0.2) is 0 Å². The Morgan fingerprint density at radius 3 is 2.56 bits per heavy atom. The minimum Gasteiger partial charge on any atom is -0.389 e. The largest absolute Gasteiger partial charge is 0.389 e. The van der Waals surface area contributed by atoms with Gasteiger partial charge < -0.3 is 14.7 Å². The Hall–Kier alpha value is -1.13. The van der Waals surface area contributed by atoms with Gasteiger partial charge in [-0.25, -0.2) is 4.98 Å². The van der Waals surface area contributed by atoms with Crippen LogP contribution in [0.25, 0.3) is 0 Å². The van der Waals surface area contributed by atoms with Gasteiger partial charge in [-0.3, -0.25) is 0 Å². The van der Waals surface area contributed by atoms with E-state index < -0.39 is 6.10 Å². The van der Waals surface area contributed by atoms with E-state index in [0.717, 1.165) is 11.4 Å². The molecule has 0 aliphatic rings. The minimum atomic E-state index is -0.469. The minimum absolute atomic E-state index is 0.273. The lowest BCUT2D eigenvalue weighted by atomic mass is 10.2. The van der Waals surface area contributed by atoms with Crippen molar-refractivity contribution in [3.63, 3.8) is 0 Å². The summed E-state index contributed by atoms with van der Waals surface area (Å²) in [6, 6.07) is 4.08. The summed E-state index contributed by atoms with van der Waals surface area (Å²) in [7, 11) is 3.67. The quantitative estimate of drug-likeness (QED) is 0.825. The maximum atomic E-state index is 9.37. The number of aliphatic hydroxyl groups is 1. The summed E-state index contributed by atoms with van der Waals surface area (Å²) in [5, 5.41) is 9.37. The van der Waals surface area contributed by atoms with Gasteiger partial charge in [0.05, 0.1) is 18.8 Å². The normalized spacial score (nSPS) is 14.6. The molecule has 0 fully saturated rings. The molecule has 0 aromatic carbocycles. The fraction of sp³-hybridized carbons (Fsp3) is 0.583. The van der Waals surface area contributed by atoms with Crippen LogP contribution in [0.3, 0.4) is 0 Å². The van der Waals surface area contributed by atoms with Gasteiger partial charge in [0.25, 0.3) is 0 Å². The number of anilines is 1. The number of aliphatic hydroxyl groups excluding tert-OH is 1. The van der Waals surface area contributed by atoms with Gasteiger partial charge in [0.1, 0.15) is 5.82 Å². The topological polar surface area (TPSA) is 45.6 Å². The molecule has 1 aromatic heterocycles. The molecule has 2 atom stereocenters. The fourth-order valence-electron chi connectivity index (χ4n) is 1.43. The molecule has 0 amide bonds. The molecule has 0 saturated carbocycles. The van der Waals surface area contributed by atoms with Crippen LogP contribution >= 0.6 is 0 Å². The highest BCUT2D eigenvalue weighted by molar-refractivity contribution is 5.39. The Morgan fingerprint density at radius 1 is 1.44 bits per heavy atom. The summed E-state index contributed by atoms with van der Waals surface area (Å²) >= 11 is 0. The SMILES string of the molecule is COCC(C)N(C)c1ccc(C(C)O)cn1. The maximum absolute atomic E-state index is 9.37. The molecule has 0 aliphatic carbocycles. The zero-order valence-electron chi connectivity index (χ0n) is 10.3. The molecule has 0 radical (unpaired) electrons. The molecule has 1 N–H and O–H groups in total. The third-order valence-electron chi connectivity index (χ3n) is 2.68. The van der Waals surface area contributed by atoms with Crippen LogP contribution in [0.4, 0.5) is 5.82 Å². The first-order valence-electron chi connectivity index (χ1n) is 5.42. The average Bonchev–Trinajstić information content (AvgIpc) is 2.28. The summed E-state index contributed by atoms with van der Waals surface area (Å²) in [6.07, 6.45) is 1.24. The van der Waals surface area contributed by atoms with Crippen LogP contribution < -0.4 is 4.90 Å². The number of methoxy groups -OCH3 is 1. The molecule has 1 rings (SSSR count). The molecule has 90 valence electrons. The Balaban J connectivity index is 2.73. The molecule has 4 heteroatoms. The summed E-state index contributed by atoms with van der Waals surface area (Å²) in [5.74, 6) is 0.883. The van der Waals surface area contributed by atoms with Gasteiger partial charge in [-0.05, 0) is 25.5 Å². The van der Waals surface area contributed by atoms with Crippen molar-refractivity contribution in [3.8, 4) is 0 Å². The van der Waals surface area contributed by atoms with Crippen molar-refractivity contribution in [3.05, 3.63) is 23.9 Å². The highest BCUT2D eigenvalue weighted by atomic mass is 16.5. The first-order valence-corrected chi connectivity index (χ1v) is 5.42. The number of rotatable bonds is 5. The highest BCUT2D eigenvalue weighted by Crippen LogP contribution is 2.16. The number of aromatic nitrogens is 1. The Bertz CT molecular complexity index is 311. The molecule has 0 aliphatic heterocycles. The van der Waals surface area contributed by atoms with Crippen LogP contribution in [-0.4, -0.2) is 36.9 Å². The number of ether oxygens (including phenoxy) is 1. The van der Waals surface area contributed by atoms with Gasteiger partial charge >= 0.3 is 0 Å². The van der Waals surface area contributed by atoms with E-state index in [9.17, 15) is 5.11 Å². The summed E-state index contributed by atoms with van der Waals surface area (Å²) < 4.78 is 5.10. The average molecular weight is 224 g/mol. The molecule has 4 nitrogen and oxygen atoms in total. The van der Waals surface area contributed by atoms with E-state index in [0.29, 0.717) is 6.61 Å². The van der Waals surface area contributed by atoms with E-state index in [1.165, 1.54) is 0 Å². The Labute approximate surface area is 96.9 Å². The van der Waals surface area contributed by atoms with Crippen molar-refractivity contribution in [1.82, 2.24) is 4.98 Å². The number of nitrogens with zero attached hydrogens (tertiary/aromatic N) is 2. The fourth-order valence-corrected chi connectivity index (χ4v) is 1.43. The molecule has 2 unspecified atom stereocenters. The molecule has 1 aromatic rings. The van der Waals surface area contributed by atoms with Gasteiger partial charge in [-0.2, -0.15) is 0 Å². The second kappa shape index (κ2) is 5.82. The van der Waals surface area contributed by atoms with E-state index in [2.05, 4.69) is 16.8 Å². The number of likely N-dealkylation sites (N-methyl/N-ethyl adjacent to an activating group) is 1.